The molecule has 0 heterocycles. The van der Waals surface area contributed by atoms with Crippen molar-refractivity contribution in [3.63, 3.8) is 0 Å². The highest BCUT2D eigenvalue weighted by Gasteiger charge is 2.59. The minimum absolute atomic E-state index is 0.165. The molecule has 110 valence electrons. The average Bonchev–Trinajstić information content (AvgIpc) is 3.19. The van der Waals surface area contributed by atoms with Gasteiger partial charge in [-0.2, -0.15) is 0 Å². The van der Waals surface area contributed by atoms with Crippen LogP contribution in [0.4, 0.5) is 0 Å². The summed E-state index contributed by atoms with van der Waals surface area (Å²) in [5.74, 6) is 3.47. The minimum atomic E-state index is 0.165. The van der Waals surface area contributed by atoms with Crippen molar-refractivity contribution < 1.29 is 4.79 Å². The number of unbranched alkanes of at least 4 members (excludes halogenated alkanes) is 1. The Morgan fingerprint density at radius 3 is 2.62 bits per heavy atom. The Bertz CT molecular complexity index is 558. The zero-order valence-electron chi connectivity index (χ0n) is 12.7. The number of fused-ring (bicyclic) bond motifs is 5. The quantitative estimate of drug-likeness (QED) is 0.737. The Hall–Kier alpha value is -1.37. The van der Waals surface area contributed by atoms with Gasteiger partial charge in [-0.25, -0.2) is 0 Å². The first kappa shape index (κ1) is 13.3. The molecule has 0 radical (unpaired) electrons. The Morgan fingerprint density at radius 1 is 1.10 bits per heavy atom. The molecule has 0 aromatic heterocycles. The summed E-state index contributed by atoms with van der Waals surface area (Å²) in [6, 6.07) is 10.5. The molecular weight excluding hydrogens is 256 g/mol. The first-order valence-electron chi connectivity index (χ1n) is 8.58. The van der Waals surface area contributed by atoms with E-state index in [0.29, 0.717) is 35.4 Å². The number of allylic oxidation sites excluding steroid dienone is 2. The van der Waals surface area contributed by atoms with Crippen molar-refractivity contribution in [2.45, 2.75) is 38.5 Å². The highest BCUT2D eigenvalue weighted by Crippen LogP contribution is 2.61. The van der Waals surface area contributed by atoms with Crippen LogP contribution < -0.4 is 0 Å². The van der Waals surface area contributed by atoms with E-state index >= 15 is 0 Å². The maximum atomic E-state index is 13.1. The van der Waals surface area contributed by atoms with E-state index in [2.05, 4.69) is 49.4 Å². The summed E-state index contributed by atoms with van der Waals surface area (Å²) >= 11 is 0. The van der Waals surface area contributed by atoms with E-state index in [0.717, 1.165) is 0 Å². The van der Waals surface area contributed by atoms with Gasteiger partial charge in [0.2, 0.25) is 0 Å². The third-order valence-corrected chi connectivity index (χ3v) is 6.13. The molecule has 0 spiro atoms. The van der Waals surface area contributed by atoms with Gasteiger partial charge in [0.25, 0.3) is 0 Å². The molecule has 1 nitrogen and oxygen atoms in total. The summed E-state index contributed by atoms with van der Waals surface area (Å²) in [7, 11) is 0. The maximum Gasteiger partial charge on any atom is 0.144 e. The third kappa shape index (κ3) is 1.93. The van der Waals surface area contributed by atoms with Crippen molar-refractivity contribution in [1.29, 1.82) is 0 Å². The van der Waals surface area contributed by atoms with Gasteiger partial charge in [-0.15, -0.1) is 0 Å². The van der Waals surface area contributed by atoms with Crippen LogP contribution in [0.15, 0.2) is 42.5 Å². The fraction of sp³-hybridized carbons (Fsp3) is 0.550. The predicted octanol–water partition coefficient (Wildman–Crippen LogP) is 4.60. The highest BCUT2D eigenvalue weighted by atomic mass is 16.1. The van der Waals surface area contributed by atoms with Crippen LogP contribution >= 0.6 is 0 Å². The zero-order chi connectivity index (χ0) is 14.4. The van der Waals surface area contributed by atoms with E-state index in [1.165, 1.54) is 31.2 Å². The molecule has 3 aliphatic carbocycles. The second-order valence-electron chi connectivity index (χ2n) is 7.15. The molecule has 1 aromatic carbocycles. The van der Waals surface area contributed by atoms with Crippen molar-refractivity contribution in [2.75, 3.05) is 0 Å². The predicted molar refractivity (Wildman–Crippen MR) is 84.9 cm³/mol. The zero-order valence-corrected chi connectivity index (χ0v) is 12.7. The fourth-order valence-corrected chi connectivity index (χ4v) is 5.36. The van der Waals surface area contributed by atoms with Crippen LogP contribution in [-0.2, 0) is 4.79 Å². The first-order chi connectivity index (χ1) is 10.3. The molecule has 0 saturated heterocycles. The van der Waals surface area contributed by atoms with Gasteiger partial charge < -0.3 is 0 Å². The summed E-state index contributed by atoms with van der Waals surface area (Å²) in [4.78, 5) is 13.1. The number of benzene rings is 1. The average molecular weight is 280 g/mol. The number of ketones is 1. The number of hydrogen-bond acceptors (Lipinski definition) is 1. The van der Waals surface area contributed by atoms with E-state index in [1.807, 2.05) is 0 Å². The van der Waals surface area contributed by atoms with Gasteiger partial charge in [0.15, 0.2) is 0 Å². The Labute approximate surface area is 127 Å². The lowest BCUT2D eigenvalue weighted by atomic mass is 9.76. The largest absolute Gasteiger partial charge is 0.299 e. The van der Waals surface area contributed by atoms with Crippen LogP contribution in [0.2, 0.25) is 0 Å². The van der Waals surface area contributed by atoms with Gasteiger partial charge in [0, 0.05) is 11.8 Å². The molecule has 21 heavy (non-hydrogen) atoms. The van der Waals surface area contributed by atoms with Gasteiger partial charge in [0.1, 0.15) is 5.78 Å². The lowest BCUT2D eigenvalue weighted by Crippen LogP contribution is -2.21. The second-order valence-corrected chi connectivity index (χ2v) is 7.15. The molecule has 6 atom stereocenters. The molecule has 3 aliphatic rings. The number of hydrogen-bond donors (Lipinski definition) is 0. The standard InChI is InChI=1S/C20H24O/c1-2-3-9-16-17-14-10-11-15(12-14)19(17)20(21)18(16)13-7-5-4-6-8-13/h4-8,10-11,14-19H,2-3,9,12H2,1H3/t14-,15+,16-,17?,18+,19?/m1/s1. The SMILES string of the molecule is CCCC[C@@H]1C2C(C(=O)[C@H]1c1ccccc1)[C@H]1C=C[C@@H]2C1. The molecule has 0 N–H and O–H groups in total. The Kier molecular flexibility index (Phi) is 3.24. The van der Waals surface area contributed by atoms with Crippen LogP contribution in [0.25, 0.3) is 0 Å². The molecule has 2 saturated carbocycles. The summed E-state index contributed by atoms with van der Waals surface area (Å²) in [6.07, 6.45) is 9.68. The van der Waals surface area contributed by atoms with Crippen LogP contribution in [0.3, 0.4) is 0 Å². The van der Waals surface area contributed by atoms with E-state index in [-0.39, 0.29) is 5.92 Å². The number of rotatable bonds is 4. The fourth-order valence-electron chi connectivity index (χ4n) is 5.36. The lowest BCUT2D eigenvalue weighted by molar-refractivity contribution is -0.123. The summed E-state index contributed by atoms with van der Waals surface area (Å²) < 4.78 is 0. The van der Waals surface area contributed by atoms with E-state index in [9.17, 15) is 4.79 Å². The monoisotopic (exact) mass is 280 g/mol. The van der Waals surface area contributed by atoms with E-state index in [1.54, 1.807) is 0 Å². The summed E-state index contributed by atoms with van der Waals surface area (Å²) in [5, 5.41) is 0. The Balaban J connectivity index is 1.71. The molecular formula is C20H24O. The first-order valence-corrected chi connectivity index (χ1v) is 8.58. The molecule has 4 rings (SSSR count). The minimum Gasteiger partial charge on any atom is -0.299 e. The van der Waals surface area contributed by atoms with Crippen LogP contribution in [0.5, 0.6) is 0 Å². The molecule has 0 aliphatic heterocycles. The van der Waals surface area contributed by atoms with Crippen LogP contribution in [0.1, 0.15) is 44.1 Å². The van der Waals surface area contributed by atoms with Crippen molar-refractivity contribution in [1.82, 2.24) is 0 Å². The van der Waals surface area contributed by atoms with Crippen molar-refractivity contribution in [3.8, 4) is 0 Å². The molecule has 2 unspecified atom stereocenters. The van der Waals surface area contributed by atoms with Gasteiger partial charge in [0.05, 0.1) is 0 Å². The van der Waals surface area contributed by atoms with E-state index < -0.39 is 0 Å². The van der Waals surface area contributed by atoms with Crippen molar-refractivity contribution in [3.05, 3.63) is 48.0 Å². The normalized spacial score (nSPS) is 40.0. The molecule has 1 aromatic rings. The van der Waals surface area contributed by atoms with Crippen LogP contribution in [0, 0.1) is 29.6 Å². The smallest absolute Gasteiger partial charge is 0.144 e. The molecule has 2 fully saturated rings. The van der Waals surface area contributed by atoms with E-state index in [4.69, 9.17) is 0 Å². The molecule has 1 heteroatoms. The highest BCUT2D eigenvalue weighted by molar-refractivity contribution is 5.92. The van der Waals surface area contributed by atoms with Crippen molar-refractivity contribution >= 4 is 5.78 Å². The topological polar surface area (TPSA) is 17.1 Å². The number of Topliss-reactive ketones (excluding diaryl/α,β-unsaturated/α-hetero) is 1. The lowest BCUT2D eigenvalue weighted by Gasteiger charge is -2.27. The second kappa shape index (κ2) is 5.12. The van der Waals surface area contributed by atoms with Gasteiger partial charge in [-0.05, 0) is 42.1 Å². The number of carbonyl (C=O) groups excluding carboxylic acids is 1. The van der Waals surface area contributed by atoms with Gasteiger partial charge in [-0.3, -0.25) is 4.79 Å². The Morgan fingerprint density at radius 2 is 1.86 bits per heavy atom. The maximum absolute atomic E-state index is 13.1. The number of carbonyl (C=O) groups is 1. The van der Waals surface area contributed by atoms with Gasteiger partial charge >= 0.3 is 0 Å². The van der Waals surface area contributed by atoms with Gasteiger partial charge in [-0.1, -0.05) is 62.2 Å². The van der Waals surface area contributed by atoms with Crippen LogP contribution in [-0.4, -0.2) is 5.78 Å². The summed E-state index contributed by atoms with van der Waals surface area (Å²) in [6.45, 7) is 2.26. The summed E-state index contributed by atoms with van der Waals surface area (Å²) in [5.41, 5.74) is 1.26. The third-order valence-electron chi connectivity index (χ3n) is 6.13. The van der Waals surface area contributed by atoms with Crippen molar-refractivity contribution in [2.24, 2.45) is 29.6 Å². The molecule has 2 bridgehead atoms. The molecule has 0 amide bonds.